The van der Waals surface area contributed by atoms with Crippen molar-refractivity contribution in [2.75, 3.05) is 0 Å². The van der Waals surface area contributed by atoms with Crippen molar-refractivity contribution in [3.63, 3.8) is 0 Å². The highest BCUT2D eigenvalue weighted by Gasteiger charge is 2.20. The largest absolute Gasteiger partial charge is 0.456 e. The molecule has 12 aromatic rings. The summed E-state index contributed by atoms with van der Waals surface area (Å²) in [6.45, 7) is 0. The molecule has 0 unspecified atom stereocenters. The van der Waals surface area contributed by atoms with Crippen LogP contribution in [0.5, 0.6) is 0 Å². The monoisotopic (exact) mass is 747 g/mol. The Kier molecular flexibility index (Phi) is 7.03. The number of hydrogen-bond donors (Lipinski definition) is 0. The van der Waals surface area contributed by atoms with E-state index in [-0.39, 0.29) is 0 Å². The fourth-order valence-electron chi connectivity index (χ4n) is 8.26. The van der Waals surface area contributed by atoms with Gasteiger partial charge in [0.05, 0.1) is 5.56 Å². The SMILES string of the molecule is c1ccc2c(c1)oc1c(-c3nc(-c4ccc(-c5ccc(-c6cccc7c6sc6ccccc67)cc5)cc4)nc(-c4cccc5oc6ccccc6c45)n3)cccc12. The molecule has 57 heavy (non-hydrogen) atoms. The molecule has 6 heteroatoms. The molecular formula is C51H29N3O2S. The van der Waals surface area contributed by atoms with E-state index in [0.717, 1.165) is 71.7 Å². The van der Waals surface area contributed by atoms with Crippen molar-refractivity contribution in [1.82, 2.24) is 15.0 Å². The lowest BCUT2D eigenvalue weighted by molar-refractivity contribution is 0.668. The van der Waals surface area contributed by atoms with Gasteiger partial charge in [-0.1, -0.05) is 146 Å². The number of rotatable bonds is 5. The number of fused-ring (bicyclic) bond motifs is 9. The van der Waals surface area contributed by atoms with Crippen LogP contribution in [0.2, 0.25) is 0 Å². The van der Waals surface area contributed by atoms with Gasteiger partial charge in [0.25, 0.3) is 0 Å². The van der Waals surface area contributed by atoms with Crippen LogP contribution in [-0.4, -0.2) is 15.0 Å². The zero-order valence-electron chi connectivity index (χ0n) is 30.3. The third-order valence-electron chi connectivity index (χ3n) is 11.0. The molecule has 0 N–H and O–H groups in total. The second-order valence-electron chi connectivity index (χ2n) is 14.3. The highest BCUT2D eigenvalue weighted by Crippen LogP contribution is 2.41. The first-order valence-electron chi connectivity index (χ1n) is 18.9. The summed E-state index contributed by atoms with van der Waals surface area (Å²) >= 11 is 1.86. The normalized spacial score (nSPS) is 11.9. The Hall–Kier alpha value is -7.41. The lowest BCUT2D eigenvalue weighted by Gasteiger charge is -2.10. The third kappa shape index (κ3) is 5.12. The highest BCUT2D eigenvalue weighted by atomic mass is 32.1. The lowest BCUT2D eigenvalue weighted by Crippen LogP contribution is -2.00. The van der Waals surface area contributed by atoms with Crippen LogP contribution in [0.1, 0.15) is 0 Å². The molecule has 4 aromatic heterocycles. The van der Waals surface area contributed by atoms with Gasteiger partial charge < -0.3 is 8.83 Å². The summed E-state index contributed by atoms with van der Waals surface area (Å²) in [5.74, 6) is 1.68. The van der Waals surface area contributed by atoms with Crippen molar-refractivity contribution in [3.05, 3.63) is 176 Å². The molecule has 266 valence electrons. The molecule has 0 amide bonds. The molecule has 12 rings (SSSR count). The number of para-hydroxylation sites is 3. The van der Waals surface area contributed by atoms with Gasteiger partial charge in [0.2, 0.25) is 0 Å². The maximum absolute atomic E-state index is 6.47. The summed E-state index contributed by atoms with van der Waals surface area (Å²) in [6, 6.07) is 61.0. The molecule has 0 saturated carbocycles. The van der Waals surface area contributed by atoms with Crippen LogP contribution in [0.4, 0.5) is 0 Å². The van der Waals surface area contributed by atoms with Crippen molar-refractivity contribution in [3.8, 4) is 56.4 Å². The number of furan rings is 2. The minimum absolute atomic E-state index is 0.540. The molecule has 4 heterocycles. The lowest BCUT2D eigenvalue weighted by atomic mass is 9.98. The van der Waals surface area contributed by atoms with E-state index < -0.39 is 0 Å². The topological polar surface area (TPSA) is 65.0 Å². The molecule has 0 aliphatic rings. The number of nitrogens with zero attached hydrogens (tertiary/aromatic N) is 3. The van der Waals surface area contributed by atoms with Gasteiger partial charge in [-0.25, -0.2) is 15.0 Å². The number of hydrogen-bond acceptors (Lipinski definition) is 6. The first kappa shape index (κ1) is 31.9. The quantitative estimate of drug-likeness (QED) is 0.175. The van der Waals surface area contributed by atoms with Crippen LogP contribution in [-0.2, 0) is 0 Å². The highest BCUT2D eigenvalue weighted by molar-refractivity contribution is 7.26. The van der Waals surface area contributed by atoms with Crippen LogP contribution in [0, 0.1) is 0 Å². The minimum Gasteiger partial charge on any atom is -0.456 e. The van der Waals surface area contributed by atoms with Gasteiger partial charge in [0, 0.05) is 52.8 Å². The minimum atomic E-state index is 0.540. The van der Waals surface area contributed by atoms with Crippen LogP contribution in [0.25, 0.3) is 120 Å². The van der Waals surface area contributed by atoms with Crippen molar-refractivity contribution < 1.29 is 8.83 Å². The van der Waals surface area contributed by atoms with Crippen molar-refractivity contribution >= 4 is 75.4 Å². The fourth-order valence-corrected chi connectivity index (χ4v) is 9.50. The van der Waals surface area contributed by atoms with Gasteiger partial charge in [-0.2, -0.15) is 0 Å². The summed E-state index contributed by atoms with van der Waals surface area (Å²) in [5, 5.41) is 6.68. The molecule has 0 atom stereocenters. The van der Waals surface area contributed by atoms with Gasteiger partial charge >= 0.3 is 0 Å². The summed E-state index contributed by atoms with van der Waals surface area (Å²) in [7, 11) is 0. The van der Waals surface area contributed by atoms with E-state index in [2.05, 4.69) is 115 Å². The summed E-state index contributed by atoms with van der Waals surface area (Å²) in [6.07, 6.45) is 0. The Bertz CT molecular complexity index is 3520. The zero-order valence-corrected chi connectivity index (χ0v) is 31.1. The first-order valence-corrected chi connectivity index (χ1v) is 19.7. The molecule has 5 nitrogen and oxygen atoms in total. The summed E-state index contributed by atoms with van der Waals surface area (Å²) < 4.78 is 15.4. The molecule has 0 bridgehead atoms. The zero-order chi connectivity index (χ0) is 37.5. The Morgan fingerprint density at radius 3 is 1.65 bits per heavy atom. The molecule has 0 fully saturated rings. The number of benzene rings is 8. The Morgan fingerprint density at radius 1 is 0.333 bits per heavy atom. The van der Waals surface area contributed by atoms with E-state index in [0.29, 0.717) is 17.5 Å². The Labute approximate surface area is 330 Å². The van der Waals surface area contributed by atoms with Gasteiger partial charge in [0.15, 0.2) is 17.5 Å². The Balaban J connectivity index is 0.968. The Morgan fingerprint density at radius 2 is 0.860 bits per heavy atom. The van der Waals surface area contributed by atoms with E-state index >= 15 is 0 Å². The van der Waals surface area contributed by atoms with E-state index in [1.165, 1.54) is 31.3 Å². The molecule has 8 aromatic carbocycles. The van der Waals surface area contributed by atoms with E-state index in [1.807, 2.05) is 72.0 Å². The summed E-state index contributed by atoms with van der Waals surface area (Å²) in [5.41, 5.74) is 10.5. The molecular weight excluding hydrogens is 719 g/mol. The van der Waals surface area contributed by atoms with E-state index in [9.17, 15) is 0 Å². The second-order valence-corrected chi connectivity index (χ2v) is 15.4. The van der Waals surface area contributed by atoms with Crippen LogP contribution in [0.3, 0.4) is 0 Å². The van der Waals surface area contributed by atoms with Crippen molar-refractivity contribution in [2.24, 2.45) is 0 Å². The maximum Gasteiger partial charge on any atom is 0.167 e. The van der Waals surface area contributed by atoms with Crippen LogP contribution >= 0.6 is 11.3 Å². The van der Waals surface area contributed by atoms with Gasteiger partial charge in [-0.05, 0) is 52.6 Å². The number of aromatic nitrogens is 3. The molecule has 0 aliphatic heterocycles. The van der Waals surface area contributed by atoms with Crippen molar-refractivity contribution in [2.45, 2.75) is 0 Å². The van der Waals surface area contributed by atoms with Gasteiger partial charge in [-0.15, -0.1) is 11.3 Å². The summed E-state index contributed by atoms with van der Waals surface area (Å²) in [4.78, 5) is 15.4. The predicted octanol–water partition coefficient (Wildman–Crippen LogP) is 14.4. The smallest absolute Gasteiger partial charge is 0.167 e. The van der Waals surface area contributed by atoms with Crippen molar-refractivity contribution in [1.29, 1.82) is 0 Å². The number of thiophene rings is 1. The molecule has 0 aliphatic carbocycles. The van der Waals surface area contributed by atoms with Gasteiger partial charge in [-0.3, -0.25) is 0 Å². The predicted molar refractivity (Wildman–Crippen MR) is 234 cm³/mol. The average Bonchev–Trinajstić information content (AvgIpc) is 3.98. The first-order chi connectivity index (χ1) is 28.2. The van der Waals surface area contributed by atoms with E-state index in [4.69, 9.17) is 23.8 Å². The fraction of sp³-hybridized carbons (Fsp3) is 0. The average molecular weight is 748 g/mol. The maximum atomic E-state index is 6.47. The van der Waals surface area contributed by atoms with Crippen LogP contribution < -0.4 is 0 Å². The van der Waals surface area contributed by atoms with E-state index in [1.54, 1.807) is 0 Å². The molecule has 0 saturated heterocycles. The molecule has 0 spiro atoms. The second kappa shape index (κ2) is 12.6. The standard InChI is InChI=1S/C51H29N3O2S/c1-4-18-42-35(10-1)37-14-8-17-41(47(37)56-42)51-53-49(52-50(54-51)40-16-9-20-44-46(40)39-12-2-5-19-43(39)55-44)33-28-24-31(25-29-33)30-22-26-32(27-23-30)34-13-7-15-38-36-11-3-6-21-45(36)57-48(34)38/h1-29H. The molecule has 0 radical (unpaired) electrons. The third-order valence-corrected chi connectivity index (χ3v) is 12.2. The van der Waals surface area contributed by atoms with Gasteiger partial charge in [0.1, 0.15) is 22.3 Å². The van der Waals surface area contributed by atoms with Crippen LogP contribution in [0.15, 0.2) is 185 Å².